The maximum Gasteiger partial charge on any atom is 0.161 e. The summed E-state index contributed by atoms with van der Waals surface area (Å²) in [5.41, 5.74) is 3.34. The van der Waals surface area contributed by atoms with Crippen molar-refractivity contribution < 1.29 is 0 Å². The minimum absolute atomic E-state index is 0.515. The lowest BCUT2D eigenvalue weighted by Crippen LogP contribution is -2.58. The molecule has 6 atom stereocenters. The van der Waals surface area contributed by atoms with E-state index < -0.39 is 0 Å². The van der Waals surface area contributed by atoms with Gasteiger partial charge in [-0.05, 0) is 75.0 Å². The van der Waals surface area contributed by atoms with Gasteiger partial charge in [-0.2, -0.15) is 5.10 Å². The number of hydrogen-bond donors (Lipinski definition) is 1. The lowest BCUT2D eigenvalue weighted by molar-refractivity contribution is -0.0415. The van der Waals surface area contributed by atoms with Gasteiger partial charge in [0.15, 0.2) is 5.82 Å². The van der Waals surface area contributed by atoms with Gasteiger partial charge in [-0.25, -0.2) is 4.98 Å². The van der Waals surface area contributed by atoms with Gasteiger partial charge in [-0.3, -0.25) is 10.00 Å². The molecule has 33 heavy (non-hydrogen) atoms. The predicted octanol–water partition coefficient (Wildman–Crippen LogP) is 6.34. The first kappa shape index (κ1) is 20.3. The molecular formula is C28H37N5. The quantitative estimate of drug-likeness (QED) is 0.514. The lowest BCUT2D eigenvalue weighted by Gasteiger charge is -2.54. The Balaban J connectivity index is 1.22. The third-order valence-corrected chi connectivity index (χ3v) is 9.47. The molecule has 1 N–H and O–H groups in total. The van der Waals surface area contributed by atoms with Crippen molar-refractivity contribution in [3.05, 3.63) is 36.5 Å². The van der Waals surface area contributed by atoms with Crippen LogP contribution in [0.5, 0.6) is 0 Å². The molecule has 174 valence electrons. The van der Waals surface area contributed by atoms with Crippen molar-refractivity contribution in [1.82, 2.24) is 24.6 Å². The van der Waals surface area contributed by atoms with Crippen molar-refractivity contribution in [3.63, 3.8) is 0 Å². The molecule has 4 fully saturated rings. The van der Waals surface area contributed by atoms with Crippen LogP contribution in [0, 0.1) is 11.8 Å². The van der Waals surface area contributed by atoms with Crippen LogP contribution in [0.2, 0.25) is 0 Å². The molecule has 4 heterocycles. The highest BCUT2D eigenvalue weighted by molar-refractivity contribution is 5.80. The molecule has 5 nitrogen and oxygen atoms in total. The largest absolute Gasteiger partial charge is 0.319 e. The van der Waals surface area contributed by atoms with Crippen molar-refractivity contribution in [2.75, 3.05) is 0 Å². The molecule has 0 spiro atoms. The molecular weight excluding hydrogens is 406 g/mol. The molecule has 2 aromatic heterocycles. The van der Waals surface area contributed by atoms with Crippen LogP contribution < -0.4 is 0 Å². The van der Waals surface area contributed by atoms with Gasteiger partial charge in [0, 0.05) is 30.4 Å². The van der Waals surface area contributed by atoms with E-state index in [1.54, 1.807) is 0 Å². The molecule has 2 saturated carbocycles. The van der Waals surface area contributed by atoms with Crippen LogP contribution in [0.3, 0.4) is 0 Å². The molecule has 0 unspecified atom stereocenters. The standard InChI is InChI=1S/C28H37N5/c1-2-7-20-14-19(6-1)15-23(16-20)32-21-8-5-9-22(32)18-24(17-21)33-27-11-4-3-10-25(27)30-28(33)26-12-13-29-31-26/h3-4,10-13,19-24H,1-2,5-9,14-18H2,(H,29,31)/t19-,20+,21-,22+,23+,24-. The summed E-state index contributed by atoms with van der Waals surface area (Å²) >= 11 is 0. The van der Waals surface area contributed by atoms with Crippen LogP contribution in [0.25, 0.3) is 22.6 Å². The van der Waals surface area contributed by atoms with Crippen LogP contribution in [0.15, 0.2) is 36.5 Å². The summed E-state index contributed by atoms with van der Waals surface area (Å²) in [6.45, 7) is 0. The molecule has 2 aliphatic carbocycles. The number of nitrogens with one attached hydrogen (secondary N) is 1. The van der Waals surface area contributed by atoms with Crippen molar-refractivity contribution in [3.8, 4) is 11.5 Å². The van der Waals surface area contributed by atoms with E-state index in [0.717, 1.165) is 47.0 Å². The predicted molar refractivity (Wildman–Crippen MR) is 132 cm³/mol. The van der Waals surface area contributed by atoms with Crippen molar-refractivity contribution in [2.45, 2.75) is 101 Å². The Labute approximate surface area is 197 Å². The first-order valence-corrected chi connectivity index (χ1v) is 13.6. The van der Waals surface area contributed by atoms with Gasteiger partial charge in [-0.15, -0.1) is 0 Å². The average molecular weight is 444 g/mol. The van der Waals surface area contributed by atoms with Crippen LogP contribution in [0.4, 0.5) is 0 Å². The number of aromatic nitrogens is 4. The maximum absolute atomic E-state index is 5.05. The van der Waals surface area contributed by atoms with Gasteiger partial charge in [0.05, 0.1) is 11.0 Å². The average Bonchev–Trinajstić information content (AvgIpc) is 3.45. The number of H-pyrrole nitrogens is 1. The molecule has 5 heteroatoms. The third kappa shape index (κ3) is 3.54. The molecule has 0 amide bonds. The van der Waals surface area contributed by atoms with Crippen LogP contribution in [-0.4, -0.2) is 42.8 Å². The molecule has 0 radical (unpaired) electrons. The van der Waals surface area contributed by atoms with E-state index in [0.29, 0.717) is 6.04 Å². The number of para-hydroxylation sites is 2. The highest BCUT2D eigenvalue weighted by Crippen LogP contribution is 2.47. The molecule has 2 saturated heterocycles. The summed E-state index contributed by atoms with van der Waals surface area (Å²) in [6, 6.07) is 13.6. The summed E-state index contributed by atoms with van der Waals surface area (Å²) < 4.78 is 2.55. The van der Waals surface area contributed by atoms with E-state index in [2.05, 4.69) is 50.0 Å². The summed E-state index contributed by atoms with van der Waals surface area (Å²) in [6.07, 6.45) is 19.0. The molecule has 3 aromatic rings. The lowest BCUT2D eigenvalue weighted by atomic mass is 9.73. The normalized spacial score (nSPS) is 34.9. The van der Waals surface area contributed by atoms with Gasteiger partial charge < -0.3 is 4.57 Å². The first-order chi connectivity index (χ1) is 16.3. The van der Waals surface area contributed by atoms with Gasteiger partial charge >= 0.3 is 0 Å². The van der Waals surface area contributed by atoms with Gasteiger partial charge in [0.1, 0.15) is 5.69 Å². The fraction of sp³-hybridized carbons (Fsp3) is 0.643. The van der Waals surface area contributed by atoms with Gasteiger partial charge in [0.2, 0.25) is 0 Å². The zero-order valence-corrected chi connectivity index (χ0v) is 19.7. The van der Waals surface area contributed by atoms with Gasteiger partial charge in [-0.1, -0.05) is 44.2 Å². The Morgan fingerprint density at radius 2 is 1.48 bits per heavy atom. The number of fused-ring (bicyclic) bond motifs is 5. The van der Waals surface area contributed by atoms with E-state index in [1.807, 2.05) is 6.20 Å². The second kappa shape index (κ2) is 8.26. The summed E-state index contributed by atoms with van der Waals surface area (Å²) in [7, 11) is 0. The first-order valence-electron chi connectivity index (χ1n) is 13.6. The second-order valence-corrected chi connectivity index (χ2v) is 11.4. The minimum Gasteiger partial charge on any atom is -0.319 e. The smallest absolute Gasteiger partial charge is 0.161 e. The number of piperidine rings is 2. The Bertz CT molecular complexity index is 1070. The van der Waals surface area contributed by atoms with Gasteiger partial charge in [0.25, 0.3) is 0 Å². The van der Waals surface area contributed by atoms with Crippen molar-refractivity contribution >= 4 is 11.0 Å². The highest BCUT2D eigenvalue weighted by Gasteiger charge is 2.45. The molecule has 1 aromatic carbocycles. The third-order valence-electron chi connectivity index (χ3n) is 9.47. The maximum atomic E-state index is 5.05. The summed E-state index contributed by atoms with van der Waals surface area (Å²) in [5, 5.41) is 7.53. The number of hydrogen-bond acceptors (Lipinski definition) is 3. The number of benzene rings is 1. The number of rotatable bonds is 3. The summed E-state index contributed by atoms with van der Waals surface area (Å²) in [4.78, 5) is 8.12. The molecule has 7 rings (SSSR count). The monoisotopic (exact) mass is 443 g/mol. The Kier molecular flexibility index (Phi) is 5.07. The Morgan fingerprint density at radius 3 is 2.21 bits per heavy atom. The molecule has 4 bridgehead atoms. The Morgan fingerprint density at radius 1 is 0.727 bits per heavy atom. The zero-order chi connectivity index (χ0) is 21.8. The van der Waals surface area contributed by atoms with E-state index >= 15 is 0 Å². The number of nitrogens with zero attached hydrogens (tertiary/aromatic N) is 4. The molecule has 2 aliphatic heterocycles. The van der Waals surface area contributed by atoms with E-state index in [9.17, 15) is 0 Å². The fourth-order valence-corrected chi connectivity index (χ4v) is 8.29. The van der Waals surface area contributed by atoms with Crippen LogP contribution >= 0.6 is 0 Å². The number of imidazole rings is 1. The summed E-state index contributed by atoms with van der Waals surface area (Å²) in [5.74, 6) is 3.04. The number of aromatic amines is 1. The van der Waals surface area contributed by atoms with Crippen LogP contribution in [0.1, 0.15) is 83.1 Å². The van der Waals surface area contributed by atoms with E-state index in [4.69, 9.17) is 4.98 Å². The second-order valence-electron chi connectivity index (χ2n) is 11.4. The fourth-order valence-electron chi connectivity index (χ4n) is 8.29. The minimum atomic E-state index is 0.515. The Hall–Kier alpha value is -2.14. The topological polar surface area (TPSA) is 49.7 Å². The highest BCUT2D eigenvalue weighted by atomic mass is 15.3. The zero-order valence-electron chi connectivity index (χ0n) is 19.7. The van der Waals surface area contributed by atoms with E-state index in [1.165, 1.54) is 82.6 Å². The van der Waals surface area contributed by atoms with Crippen molar-refractivity contribution in [2.24, 2.45) is 11.8 Å². The van der Waals surface area contributed by atoms with E-state index in [-0.39, 0.29) is 0 Å². The SMILES string of the molecule is c1ccc2c(c1)nc(-c1cc[nH]n1)n2[C@@H]1C[C@H]2CCC[C@@H](C1)N2[C@H]1C[C@@H]2CCCC[C@@H](C2)C1. The van der Waals surface area contributed by atoms with Crippen LogP contribution in [-0.2, 0) is 0 Å². The molecule has 4 aliphatic rings. The van der Waals surface area contributed by atoms with Crippen molar-refractivity contribution in [1.29, 1.82) is 0 Å².